The van der Waals surface area contributed by atoms with Crippen molar-refractivity contribution in [3.8, 4) is 0 Å². The molecule has 19 heavy (non-hydrogen) atoms. The Balaban J connectivity index is 1.58. The molecule has 0 radical (unpaired) electrons. The third-order valence-corrected chi connectivity index (χ3v) is 5.66. The first-order valence-electron chi connectivity index (χ1n) is 6.80. The Bertz CT molecular complexity index is 540. The highest BCUT2D eigenvalue weighted by molar-refractivity contribution is 7.91. The van der Waals surface area contributed by atoms with Gasteiger partial charge in [-0.2, -0.15) is 0 Å². The van der Waals surface area contributed by atoms with Crippen LogP contribution in [0.5, 0.6) is 0 Å². The van der Waals surface area contributed by atoms with Gasteiger partial charge in [-0.25, -0.2) is 13.4 Å². The highest BCUT2D eigenvalue weighted by Gasteiger charge is 2.24. The molecule has 1 unspecified atom stereocenters. The molecule has 1 aromatic rings. The van der Waals surface area contributed by atoms with Crippen LogP contribution in [-0.2, 0) is 22.8 Å². The largest absolute Gasteiger partial charge is 0.347 e. The molecule has 2 aliphatic rings. The van der Waals surface area contributed by atoms with Gasteiger partial charge in [-0.05, 0) is 13.0 Å². The first-order chi connectivity index (χ1) is 9.12. The maximum absolute atomic E-state index is 11.6. The Kier molecular flexibility index (Phi) is 3.60. The topological polar surface area (TPSA) is 78.1 Å². The second kappa shape index (κ2) is 5.22. The summed E-state index contributed by atoms with van der Waals surface area (Å²) in [6.45, 7) is 3.27. The molecule has 0 amide bonds. The molecule has 1 saturated heterocycles. The molecule has 106 valence electrons. The number of sulfone groups is 1. The van der Waals surface area contributed by atoms with Crippen molar-refractivity contribution >= 4 is 9.84 Å². The van der Waals surface area contributed by atoms with Gasteiger partial charge in [0.05, 0.1) is 29.2 Å². The molecule has 1 aromatic heterocycles. The first kappa shape index (κ1) is 13.1. The van der Waals surface area contributed by atoms with E-state index in [1.807, 2.05) is 0 Å². The zero-order valence-corrected chi connectivity index (χ0v) is 11.7. The average molecular weight is 284 g/mol. The summed E-state index contributed by atoms with van der Waals surface area (Å²) < 4.78 is 23.2. The van der Waals surface area contributed by atoms with E-state index >= 15 is 0 Å². The molecule has 3 rings (SSSR count). The number of hydrogen-bond acceptors (Lipinski definition) is 5. The van der Waals surface area contributed by atoms with Gasteiger partial charge in [-0.15, -0.1) is 0 Å². The Hall–Kier alpha value is -0.920. The Labute approximate surface area is 113 Å². The fraction of sp³-hybridized carbons (Fsp3) is 0.750. The molecule has 6 nitrogen and oxygen atoms in total. The van der Waals surface area contributed by atoms with E-state index in [9.17, 15) is 8.42 Å². The molecular weight excluding hydrogens is 264 g/mol. The fourth-order valence-corrected chi connectivity index (χ4v) is 4.15. The summed E-state index contributed by atoms with van der Waals surface area (Å²) in [6, 6.07) is 0.372. The fourth-order valence-electron chi connectivity index (χ4n) is 2.84. The molecule has 0 bridgehead atoms. The van der Waals surface area contributed by atoms with Crippen molar-refractivity contribution < 1.29 is 8.42 Å². The van der Waals surface area contributed by atoms with E-state index in [1.54, 1.807) is 6.33 Å². The number of aromatic amines is 1. The van der Waals surface area contributed by atoms with Crippen molar-refractivity contribution in [3.63, 3.8) is 0 Å². The van der Waals surface area contributed by atoms with E-state index in [0.717, 1.165) is 38.2 Å². The molecular formula is C12H20N4O2S. The number of nitrogens with zero attached hydrogens (tertiary/aromatic N) is 2. The summed E-state index contributed by atoms with van der Waals surface area (Å²) in [5.41, 5.74) is 2.32. The van der Waals surface area contributed by atoms with Crippen LogP contribution >= 0.6 is 0 Å². The van der Waals surface area contributed by atoms with Crippen molar-refractivity contribution in [1.29, 1.82) is 0 Å². The Morgan fingerprint density at radius 3 is 3.16 bits per heavy atom. The molecule has 0 aromatic carbocycles. The quantitative estimate of drug-likeness (QED) is 0.769. The minimum Gasteiger partial charge on any atom is -0.347 e. The Morgan fingerprint density at radius 2 is 2.26 bits per heavy atom. The maximum atomic E-state index is 11.6. The van der Waals surface area contributed by atoms with E-state index in [-0.39, 0.29) is 0 Å². The summed E-state index contributed by atoms with van der Waals surface area (Å²) in [6.07, 6.45) is 3.41. The van der Waals surface area contributed by atoms with E-state index in [4.69, 9.17) is 0 Å². The molecule has 0 aliphatic carbocycles. The number of rotatable bonds is 2. The van der Waals surface area contributed by atoms with Crippen molar-refractivity contribution in [1.82, 2.24) is 20.2 Å². The van der Waals surface area contributed by atoms with Gasteiger partial charge in [0.1, 0.15) is 0 Å². The van der Waals surface area contributed by atoms with Gasteiger partial charge in [0.2, 0.25) is 0 Å². The van der Waals surface area contributed by atoms with Gasteiger partial charge in [0.25, 0.3) is 0 Å². The number of imidazole rings is 1. The highest BCUT2D eigenvalue weighted by Crippen LogP contribution is 2.14. The normalized spacial score (nSPS) is 27.7. The van der Waals surface area contributed by atoms with Crippen LogP contribution in [0.25, 0.3) is 0 Å². The van der Waals surface area contributed by atoms with Crippen LogP contribution in [-0.4, -0.2) is 60.5 Å². The van der Waals surface area contributed by atoms with E-state index in [1.165, 1.54) is 5.69 Å². The van der Waals surface area contributed by atoms with Crippen molar-refractivity contribution in [2.24, 2.45) is 0 Å². The molecule has 2 N–H and O–H groups in total. The van der Waals surface area contributed by atoms with Crippen LogP contribution in [0.15, 0.2) is 6.33 Å². The maximum Gasteiger partial charge on any atom is 0.151 e. The van der Waals surface area contributed by atoms with Crippen molar-refractivity contribution in [3.05, 3.63) is 17.7 Å². The third kappa shape index (κ3) is 3.16. The molecule has 3 heterocycles. The molecule has 7 heteroatoms. The molecule has 0 saturated carbocycles. The zero-order valence-electron chi connectivity index (χ0n) is 10.9. The van der Waals surface area contributed by atoms with Gasteiger partial charge in [0.15, 0.2) is 9.84 Å². The zero-order chi connectivity index (χ0) is 13.3. The average Bonchev–Trinajstić information content (AvgIpc) is 2.76. The Morgan fingerprint density at radius 1 is 1.37 bits per heavy atom. The van der Waals surface area contributed by atoms with Crippen LogP contribution in [0, 0.1) is 0 Å². The number of H-pyrrole nitrogens is 1. The lowest BCUT2D eigenvalue weighted by molar-refractivity contribution is 0.250. The van der Waals surface area contributed by atoms with Gasteiger partial charge in [-0.1, -0.05) is 0 Å². The van der Waals surface area contributed by atoms with Crippen LogP contribution in [0.2, 0.25) is 0 Å². The van der Waals surface area contributed by atoms with Crippen LogP contribution < -0.4 is 5.32 Å². The van der Waals surface area contributed by atoms with Crippen LogP contribution in [0.1, 0.15) is 17.8 Å². The van der Waals surface area contributed by atoms with E-state index in [2.05, 4.69) is 20.2 Å². The predicted molar refractivity (Wildman–Crippen MR) is 72.6 cm³/mol. The number of fused-ring (bicyclic) bond motifs is 1. The number of nitrogens with one attached hydrogen (secondary N) is 2. The lowest BCUT2D eigenvalue weighted by Gasteiger charge is -2.29. The van der Waals surface area contributed by atoms with Gasteiger partial charge in [-0.3, -0.25) is 0 Å². The molecule has 0 spiro atoms. The first-order valence-corrected chi connectivity index (χ1v) is 8.62. The minimum atomic E-state index is -2.81. The third-order valence-electron chi connectivity index (χ3n) is 3.94. The number of hydrogen-bond donors (Lipinski definition) is 2. The molecule has 1 atom stereocenters. The number of aromatic nitrogens is 2. The second-order valence-corrected chi connectivity index (χ2v) is 7.72. The van der Waals surface area contributed by atoms with Crippen molar-refractivity contribution in [2.75, 3.05) is 31.1 Å². The van der Waals surface area contributed by atoms with E-state index < -0.39 is 9.84 Å². The van der Waals surface area contributed by atoms with Gasteiger partial charge < -0.3 is 15.2 Å². The summed E-state index contributed by atoms with van der Waals surface area (Å²) in [5, 5.41) is 3.49. The highest BCUT2D eigenvalue weighted by atomic mass is 32.2. The van der Waals surface area contributed by atoms with Crippen LogP contribution in [0.3, 0.4) is 0 Å². The summed E-state index contributed by atoms with van der Waals surface area (Å²) >= 11 is 0. The minimum absolute atomic E-state index is 0.299. The summed E-state index contributed by atoms with van der Waals surface area (Å²) in [5.74, 6) is 0.637. The smallest absolute Gasteiger partial charge is 0.151 e. The van der Waals surface area contributed by atoms with Crippen molar-refractivity contribution in [2.45, 2.75) is 25.4 Å². The predicted octanol–water partition coefficient (Wildman–Crippen LogP) is -0.455. The van der Waals surface area contributed by atoms with Crippen LogP contribution in [0.4, 0.5) is 0 Å². The summed E-state index contributed by atoms with van der Waals surface area (Å²) in [7, 11) is -2.81. The second-order valence-electron chi connectivity index (χ2n) is 5.42. The SMILES string of the molecule is O=S1(=O)CCCN(CC2Cc3nc[nH]c3CN2)CC1. The van der Waals surface area contributed by atoms with Gasteiger partial charge in [0, 0.05) is 32.1 Å². The standard InChI is InChI=1S/C12H20N4O2S/c17-19(18)4-1-2-16(3-5-19)8-10-6-11-12(7-13-10)15-9-14-11/h9-10,13H,1-8H2,(H,14,15). The lowest BCUT2D eigenvalue weighted by Crippen LogP contribution is -2.45. The summed E-state index contributed by atoms with van der Waals surface area (Å²) in [4.78, 5) is 9.73. The molecule has 1 fully saturated rings. The van der Waals surface area contributed by atoms with Gasteiger partial charge >= 0.3 is 0 Å². The van der Waals surface area contributed by atoms with E-state index in [0.29, 0.717) is 24.1 Å². The lowest BCUT2D eigenvalue weighted by atomic mass is 10.0. The molecule has 2 aliphatic heterocycles. The monoisotopic (exact) mass is 284 g/mol.